The van der Waals surface area contributed by atoms with Gasteiger partial charge in [0.25, 0.3) is 0 Å². The molecule has 2 nitrogen and oxygen atoms in total. The zero-order chi connectivity index (χ0) is 13.1. The van der Waals surface area contributed by atoms with Crippen LogP contribution in [0.4, 0.5) is 13.2 Å². The average molecular weight is 262 g/mol. The minimum absolute atomic E-state index is 0.484. The van der Waals surface area contributed by atoms with Crippen LogP contribution in [0.2, 0.25) is 0 Å². The third-order valence-corrected chi connectivity index (χ3v) is 2.84. The van der Waals surface area contributed by atoms with Crippen LogP contribution < -0.4 is 0 Å². The zero-order valence-corrected chi connectivity index (χ0v) is 10.6. The zero-order valence-electron chi connectivity index (χ0n) is 9.75. The Balaban J connectivity index is 0.000000686. The van der Waals surface area contributed by atoms with Gasteiger partial charge in [-0.25, -0.2) is 0 Å². The van der Waals surface area contributed by atoms with Gasteiger partial charge in [0.1, 0.15) is 0 Å². The molecule has 0 fully saturated rings. The molecule has 0 aliphatic carbocycles. The lowest BCUT2D eigenvalue weighted by Crippen LogP contribution is -2.06. The molecule has 6 heteroatoms. The predicted octanol–water partition coefficient (Wildman–Crippen LogP) is 4.19. The molecular weight excluding hydrogens is 249 g/mol. The quantitative estimate of drug-likeness (QED) is 0.753. The maximum atomic E-state index is 12.4. The number of hydrogen-bond acceptors (Lipinski definition) is 2. The third-order valence-electron chi connectivity index (χ3n) is 1.94. The number of thiophene rings is 1. The molecule has 0 amide bonds. The van der Waals surface area contributed by atoms with Crippen molar-refractivity contribution in [3.05, 3.63) is 29.3 Å². The van der Waals surface area contributed by atoms with E-state index in [4.69, 9.17) is 0 Å². The second-order valence-electron chi connectivity index (χ2n) is 3.01. The molecular formula is C11H13F3N2S. The predicted molar refractivity (Wildman–Crippen MR) is 62.9 cm³/mol. The molecule has 2 rings (SSSR count). The van der Waals surface area contributed by atoms with E-state index < -0.39 is 11.9 Å². The van der Waals surface area contributed by atoms with E-state index >= 15 is 0 Å². The van der Waals surface area contributed by atoms with E-state index in [1.54, 1.807) is 12.1 Å². The fraction of sp³-hybridized carbons (Fsp3) is 0.364. The first-order valence-corrected chi connectivity index (χ1v) is 6.01. The Bertz CT molecular complexity index is 458. The van der Waals surface area contributed by atoms with Gasteiger partial charge in [0, 0.05) is 7.05 Å². The van der Waals surface area contributed by atoms with Crippen LogP contribution in [0.3, 0.4) is 0 Å². The highest BCUT2D eigenvalue weighted by atomic mass is 32.1. The summed E-state index contributed by atoms with van der Waals surface area (Å²) in [7, 11) is 1.50. The van der Waals surface area contributed by atoms with Crippen LogP contribution in [-0.4, -0.2) is 9.78 Å². The highest BCUT2D eigenvalue weighted by Crippen LogP contribution is 2.32. The van der Waals surface area contributed by atoms with Gasteiger partial charge in [0.2, 0.25) is 0 Å². The first-order valence-electron chi connectivity index (χ1n) is 5.13. The van der Waals surface area contributed by atoms with Crippen molar-refractivity contribution in [1.82, 2.24) is 9.78 Å². The highest BCUT2D eigenvalue weighted by molar-refractivity contribution is 7.13. The van der Waals surface area contributed by atoms with Gasteiger partial charge in [0.15, 0.2) is 5.69 Å². The largest absolute Gasteiger partial charge is 0.435 e. The van der Waals surface area contributed by atoms with Crippen molar-refractivity contribution < 1.29 is 13.2 Å². The molecule has 2 aromatic rings. The molecule has 0 aromatic carbocycles. The number of aryl methyl sites for hydroxylation is 1. The molecule has 0 spiro atoms. The SMILES string of the molecule is CC.Cn1nc(C(F)(F)F)cc1-c1cccs1. The van der Waals surface area contributed by atoms with Crippen molar-refractivity contribution in [3.8, 4) is 10.6 Å². The molecule has 2 aromatic heterocycles. The fourth-order valence-corrected chi connectivity index (χ4v) is 2.03. The van der Waals surface area contributed by atoms with Gasteiger partial charge in [-0.15, -0.1) is 11.3 Å². The van der Waals surface area contributed by atoms with Crippen LogP contribution >= 0.6 is 11.3 Å². The fourth-order valence-electron chi connectivity index (χ4n) is 1.26. The summed E-state index contributed by atoms with van der Waals surface area (Å²) >= 11 is 1.39. The Morgan fingerprint density at radius 2 is 1.94 bits per heavy atom. The van der Waals surface area contributed by atoms with E-state index in [2.05, 4.69) is 5.10 Å². The summed E-state index contributed by atoms with van der Waals surface area (Å²) in [5.74, 6) is 0. The van der Waals surface area contributed by atoms with Crippen LogP contribution in [0.15, 0.2) is 23.6 Å². The molecule has 94 valence electrons. The van der Waals surface area contributed by atoms with Gasteiger partial charge in [0.05, 0.1) is 10.6 Å². The van der Waals surface area contributed by atoms with Crippen LogP contribution in [0.1, 0.15) is 19.5 Å². The Morgan fingerprint density at radius 3 is 2.35 bits per heavy atom. The highest BCUT2D eigenvalue weighted by Gasteiger charge is 2.34. The molecule has 0 saturated carbocycles. The van der Waals surface area contributed by atoms with Gasteiger partial charge >= 0.3 is 6.18 Å². The van der Waals surface area contributed by atoms with Crippen molar-refractivity contribution in [2.75, 3.05) is 0 Å². The maximum Gasteiger partial charge on any atom is 0.435 e. The Labute approximate surface area is 102 Å². The molecule has 0 aliphatic heterocycles. The monoisotopic (exact) mass is 262 g/mol. The van der Waals surface area contributed by atoms with Crippen LogP contribution in [0.25, 0.3) is 10.6 Å². The summed E-state index contributed by atoms with van der Waals surface area (Å²) < 4.78 is 38.3. The molecule has 0 radical (unpaired) electrons. The van der Waals surface area contributed by atoms with E-state index in [0.29, 0.717) is 5.69 Å². The first kappa shape index (κ1) is 13.8. The van der Waals surface area contributed by atoms with Crippen molar-refractivity contribution >= 4 is 11.3 Å². The molecule has 0 aliphatic rings. The van der Waals surface area contributed by atoms with Crippen molar-refractivity contribution in [1.29, 1.82) is 0 Å². The molecule has 0 atom stereocenters. The van der Waals surface area contributed by atoms with Crippen molar-refractivity contribution in [3.63, 3.8) is 0 Å². The number of rotatable bonds is 1. The Morgan fingerprint density at radius 1 is 1.29 bits per heavy atom. The standard InChI is InChI=1S/C9H7F3N2S.C2H6/c1-14-6(7-3-2-4-15-7)5-8(13-14)9(10,11)12;1-2/h2-5H,1H3;1-2H3. The first-order chi connectivity index (χ1) is 7.98. The van der Waals surface area contributed by atoms with E-state index in [0.717, 1.165) is 10.9 Å². The Kier molecular flexibility index (Phi) is 4.34. The Hall–Kier alpha value is -1.30. The number of hydrogen-bond donors (Lipinski definition) is 0. The van der Waals surface area contributed by atoms with Gasteiger partial charge in [-0.1, -0.05) is 19.9 Å². The molecule has 17 heavy (non-hydrogen) atoms. The number of aromatic nitrogens is 2. The molecule has 0 N–H and O–H groups in total. The average Bonchev–Trinajstić information content (AvgIpc) is 2.87. The molecule has 0 saturated heterocycles. The lowest BCUT2D eigenvalue weighted by molar-refractivity contribution is -0.141. The summed E-state index contributed by atoms with van der Waals surface area (Å²) in [4.78, 5) is 0.778. The normalized spacial score (nSPS) is 10.9. The third kappa shape index (κ3) is 3.09. The molecule has 0 unspecified atom stereocenters. The second kappa shape index (κ2) is 5.35. The lowest BCUT2D eigenvalue weighted by atomic mass is 10.3. The van der Waals surface area contributed by atoms with Gasteiger partial charge in [-0.2, -0.15) is 18.3 Å². The summed E-state index contributed by atoms with van der Waals surface area (Å²) in [5, 5.41) is 5.25. The summed E-state index contributed by atoms with van der Waals surface area (Å²) in [5.41, 5.74) is -0.370. The van der Waals surface area contributed by atoms with Crippen molar-refractivity contribution in [2.45, 2.75) is 20.0 Å². The number of alkyl halides is 3. The van der Waals surface area contributed by atoms with E-state index in [9.17, 15) is 13.2 Å². The number of nitrogens with zero attached hydrogens (tertiary/aromatic N) is 2. The smallest absolute Gasteiger partial charge is 0.267 e. The van der Waals surface area contributed by atoms with Gasteiger partial charge in [-0.3, -0.25) is 4.68 Å². The summed E-state index contributed by atoms with van der Waals surface area (Å²) in [6.07, 6.45) is -4.38. The van der Waals surface area contributed by atoms with Crippen molar-refractivity contribution in [2.24, 2.45) is 7.05 Å². The maximum absolute atomic E-state index is 12.4. The topological polar surface area (TPSA) is 17.8 Å². The molecule has 2 heterocycles. The van der Waals surface area contributed by atoms with E-state index in [1.165, 1.54) is 23.1 Å². The summed E-state index contributed by atoms with van der Waals surface area (Å²) in [6.45, 7) is 4.00. The van der Waals surface area contributed by atoms with Crippen LogP contribution in [0, 0.1) is 0 Å². The number of halogens is 3. The van der Waals surface area contributed by atoms with E-state index in [-0.39, 0.29) is 0 Å². The van der Waals surface area contributed by atoms with E-state index in [1.807, 2.05) is 19.2 Å². The second-order valence-corrected chi connectivity index (χ2v) is 3.96. The summed E-state index contributed by atoms with van der Waals surface area (Å²) in [6, 6.07) is 4.62. The van der Waals surface area contributed by atoms with Crippen LogP contribution in [-0.2, 0) is 13.2 Å². The minimum atomic E-state index is -4.38. The molecule has 0 bridgehead atoms. The minimum Gasteiger partial charge on any atom is -0.267 e. The lowest BCUT2D eigenvalue weighted by Gasteiger charge is -1.98. The van der Waals surface area contributed by atoms with Gasteiger partial charge < -0.3 is 0 Å². The van der Waals surface area contributed by atoms with Gasteiger partial charge in [-0.05, 0) is 17.5 Å². The van der Waals surface area contributed by atoms with Crippen LogP contribution in [0.5, 0.6) is 0 Å².